The van der Waals surface area contributed by atoms with E-state index in [-0.39, 0.29) is 67.1 Å². The molecule has 6 aromatic heterocycles. The molecule has 0 saturated heterocycles. The van der Waals surface area contributed by atoms with Crippen molar-refractivity contribution in [1.29, 1.82) is 0 Å². The first kappa shape index (κ1) is 61.6. The van der Waals surface area contributed by atoms with Crippen LogP contribution in [0.15, 0.2) is 146 Å². The van der Waals surface area contributed by atoms with E-state index in [1.54, 1.807) is 0 Å². The van der Waals surface area contributed by atoms with Crippen molar-refractivity contribution < 1.29 is 154 Å². The van der Waals surface area contributed by atoms with Crippen molar-refractivity contribution in [1.82, 2.24) is 29.9 Å². The molecule has 0 aliphatic heterocycles. The zero-order valence-corrected chi connectivity index (χ0v) is 38.6. The maximum Gasteiger partial charge on any atom is 1.00 e. The first-order valence-corrected chi connectivity index (χ1v) is 20.7. The second-order valence-electron chi connectivity index (χ2n) is 12.0. The Morgan fingerprint density at radius 3 is 0.500 bits per heavy atom. The van der Waals surface area contributed by atoms with E-state index >= 15 is 0 Å². The number of aromatic nitrogens is 6. The van der Waals surface area contributed by atoms with E-state index in [2.05, 4.69) is 66.3 Å². The molecular weight excluding hydrogens is 1160 g/mol. The summed E-state index contributed by atoms with van der Waals surface area (Å²) in [7, 11) is -14.8. The number of pyridine rings is 6. The Kier molecular flexibility index (Phi) is 33.7. The number of rotatable bonds is 12. The normalized spacial score (nSPS) is 10.5. The second-order valence-corrected chi connectivity index (χ2v) is 14.3. The fourth-order valence-electron chi connectivity index (χ4n) is 5.32. The summed E-state index contributed by atoms with van der Waals surface area (Å²) in [5, 5.41) is 0. The van der Waals surface area contributed by atoms with Crippen LogP contribution >= 0.6 is 0 Å². The molecule has 6 aromatic rings. The Morgan fingerprint density at radius 2 is 0.403 bits per heavy atom. The van der Waals surface area contributed by atoms with Gasteiger partial charge in [0, 0.05) is 71.3 Å². The minimum atomic E-state index is -4.94. The Morgan fingerprint density at radius 1 is 0.274 bits per heavy atom. The van der Waals surface area contributed by atoms with Gasteiger partial charge in [0.1, 0.15) is 0 Å². The predicted octanol–water partition coefficient (Wildman–Crippen LogP) is -7.24. The molecule has 6 rings (SSSR count). The molecule has 0 aliphatic carbocycles. The van der Waals surface area contributed by atoms with Crippen LogP contribution in [0.4, 0.5) is 0 Å². The third-order valence-electron chi connectivity index (χ3n) is 7.34. The molecule has 6 heterocycles. The molecule has 0 radical (unpaired) electrons. The zero-order valence-electron chi connectivity index (χ0n) is 31.9. The minimum Gasteiger partial charge on any atom is -0.261 e. The van der Waals surface area contributed by atoms with Crippen molar-refractivity contribution in [2.45, 2.75) is 38.5 Å². The van der Waals surface area contributed by atoms with E-state index in [0.29, 0.717) is 11.8 Å². The maximum absolute atomic E-state index is 8.49. The van der Waals surface area contributed by atoms with E-state index in [9.17, 15) is 0 Å². The quantitative estimate of drug-likeness (QED) is 0.103. The van der Waals surface area contributed by atoms with Crippen molar-refractivity contribution in [3.63, 3.8) is 0 Å². The van der Waals surface area contributed by atoms with Gasteiger partial charge in [-0.2, -0.15) is 0 Å². The molecule has 0 aromatic carbocycles. The molecule has 24 heteroatoms. The summed E-state index contributed by atoms with van der Waals surface area (Å²) < 4.78 is 102. The van der Waals surface area contributed by atoms with Gasteiger partial charge in [-0.1, -0.05) is 36.4 Å². The first-order valence-electron chi connectivity index (χ1n) is 17.0. The molecule has 0 fully saturated rings. The summed E-state index contributed by atoms with van der Waals surface area (Å²) in [6.45, 7) is 0. The third-order valence-corrected chi connectivity index (χ3v) is 7.34. The first-order chi connectivity index (χ1) is 27.8. The van der Waals surface area contributed by atoms with E-state index in [4.69, 9.17) is 55.9 Å². The molecule has 0 atom stereocenters. The van der Waals surface area contributed by atoms with Crippen molar-refractivity contribution in [3.05, 3.63) is 181 Å². The van der Waals surface area contributed by atoms with Gasteiger partial charge < -0.3 is 0 Å². The number of hydrogen-bond donors (Lipinski definition) is 0. The van der Waals surface area contributed by atoms with Crippen LogP contribution in [0.5, 0.6) is 0 Å². The molecule has 0 amide bonds. The molecule has 62 heavy (non-hydrogen) atoms. The number of nitrogens with zero attached hydrogens (tertiary/aromatic N) is 6. The number of hydrogen-bond acceptors (Lipinski definition) is 18. The number of halogens is 3. The van der Waals surface area contributed by atoms with E-state index in [1.807, 2.05) is 110 Å². The van der Waals surface area contributed by atoms with E-state index in [0.717, 1.165) is 72.7 Å². The van der Waals surface area contributed by atoms with Crippen LogP contribution in [0.25, 0.3) is 0 Å². The zero-order chi connectivity index (χ0) is 43.6. The van der Waals surface area contributed by atoms with Gasteiger partial charge in [0.2, 0.25) is 0 Å². The third kappa shape index (κ3) is 38.0. The molecule has 0 aliphatic rings. The Bertz CT molecular complexity index is 1570. The fourth-order valence-corrected chi connectivity index (χ4v) is 5.32. The Labute approximate surface area is 411 Å². The van der Waals surface area contributed by atoms with Crippen LogP contribution in [0, 0.1) is 42.6 Å². The van der Waals surface area contributed by atoms with Crippen molar-refractivity contribution in [3.8, 4) is 0 Å². The average molecular weight is 1200 g/mol. The van der Waals surface area contributed by atoms with E-state index in [1.165, 1.54) is 0 Å². The summed E-state index contributed by atoms with van der Waals surface area (Å²) in [4.78, 5) is 26.8. The predicted molar refractivity (Wildman–Crippen MR) is 175 cm³/mol. The molecular formula is C38H38Ag3Cl3N6O12. The molecule has 0 N–H and O–H groups in total. The minimum absolute atomic E-state index is 0. The van der Waals surface area contributed by atoms with Gasteiger partial charge in [-0.15, -0.1) is 30.7 Å². The molecule has 18 nitrogen and oxygen atoms in total. The maximum atomic E-state index is 8.49. The van der Waals surface area contributed by atoms with Gasteiger partial charge in [-0.3, -0.25) is 29.9 Å². The van der Waals surface area contributed by atoms with Gasteiger partial charge >= 0.3 is 67.1 Å². The SMILES string of the molecule is [Ag+].[Ag+].[Ag+].[O-][Cl+3]([O-])([O-])[O-].[O-][Cl+3]([O-])([O-])[O-].[O-][Cl+3]([O-])([O-])[O-].c1ccc(CC(Cc2ccccn2)Cc2ccccn2)nc1.c1ccc(CC(Cc2ccccn2)Cc2ccccn2)nc1. The summed E-state index contributed by atoms with van der Waals surface area (Å²) in [6.07, 6.45) is 16.8. The summed E-state index contributed by atoms with van der Waals surface area (Å²) >= 11 is 0. The van der Waals surface area contributed by atoms with E-state index < -0.39 is 30.7 Å². The van der Waals surface area contributed by atoms with Crippen LogP contribution in [0.2, 0.25) is 0 Å². The van der Waals surface area contributed by atoms with Crippen molar-refractivity contribution >= 4 is 0 Å². The van der Waals surface area contributed by atoms with Crippen LogP contribution in [-0.4, -0.2) is 29.9 Å². The smallest absolute Gasteiger partial charge is 0.261 e. The molecule has 0 unspecified atom stereocenters. The van der Waals surface area contributed by atoms with Gasteiger partial charge in [0.05, 0.1) is 0 Å². The molecule has 0 saturated carbocycles. The Hall–Kier alpha value is -2.49. The molecule has 0 bridgehead atoms. The van der Waals surface area contributed by atoms with Crippen molar-refractivity contribution in [2.24, 2.45) is 11.8 Å². The standard InChI is InChI=1S/2C19H19N3.3Ag.3ClHO4/c2*1-4-10-20-17(7-1)13-16(14-18-8-2-5-11-21-18)15-19-9-3-6-12-22-19;;;;3*2-1(3,4)5/h2*1-12,16H,13-15H2;;;;3*(H,2,3,4,5)/q;;3*+1;;;/p-3. The van der Waals surface area contributed by atoms with Crippen LogP contribution in [0.3, 0.4) is 0 Å². The van der Waals surface area contributed by atoms with Gasteiger partial charge in [-0.25, -0.2) is 55.9 Å². The topological polar surface area (TPSA) is 354 Å². The average Bonchev–Trinajstić information content (AvgIpc) is 3.16. The summed E-state index contributed by atoms with van der Waals surface area (Å²) in [5.41, 5.74) is 6.75. The summed E-state index contributed by atoms with van der Waals surface area (Å²) in [5.74, 6) is 0.888. The van der Waals surface area contributed by atoms with Crippen LogP contribution < -0.4 is 55.9 Å². The molecule has 346 valence electrons. The largest absolute Gasteiger partial charge is 1.00 e. The Balaban J connectivity index is 0. The van der Waals surface area contributed by atoms with Gasteiger partial charge in [-0.05, 0) is 123 Å². The van der Waals surface area contributed by atoms with Crippen molar-refractivity contribution in [2.75, 3.05) is 0 Å². The van der Waals surface area contributed by atoms with Gasteiger partial charge in [0.15, 0.2) is 0 Å². The second kappa shape index (κ2) is 33.9. The van der Waals surface area contributed by atoms with Gasteiger partial charge in [0.25, 0.3) is 0 Å². The fraction of sp³-hybridized carbons (Fsp3) is 0.211. The van der Waals surface area contributed by atoms with Crippen LogP contribution in [0.1, 0.15) is 34.2 Å². The van der Waals surface area contributed by atoms with Crippen LogP contribution in [-0.2, 0) is 106 Å². The monoisotopic (exact) mass is 1200 g/mol. The molecule has 0 spiro atoms. The summed E-state index contributed by atoms with van der Waals surface area (Å²) in [6, 6.07) is 36.5.